The van der Waals surface area contributed by atoms with Crippen LogP contribution in [-0.4, -0.2) is 31.3 Å². The van der Waals surface area contributed by atoms with E-state index in [-0.39, 0.29) is 5.92 Å². The highest BCUT2D eigenvalue weighted by atomic mass is 16.5. The number of benzene rings is 2. The van der Waals surface area contributed by atoms with Gasteiger partial charge in [-0.25, -0.2) is 0 Å². The minimum atomic E-state index is -1.63. The molecule has 0 fully saturated rings. The number of ether oxygens (including phenoxy) is 2. The van der Waals surface area contributed by atoms with E-state index in [2.05, 4.69) is 0 Å². The van der Waals surface area contributed by atoms with Crippen LogP contribution in [0.5, 0.6) is 0 Å². The molecule has 5 nitrogen and oxygen atoms in total. The quantitative estimate of drug-likeness (QED) is 0.848. The Morgan fingerprint density at radius 1 is 0.880 bits per heavy atom. The van der Waals surface area contributed by atoms with Gasteiger partial charge in [-0.1, -0.05) is 48.5 Å². The Balaban J connectivity index is 2.09. The van der Waals surface area contributed by atoms with Gasteiger partial charge in [0.25, 0.3) is 0 Å². The zero-order valence-corrected chi connectivity index (χ0v) is 13.9. The van der Waals surface area contributed by atoms with Crippen molar-refractivity contribution in [2.45, 2.75) is 11.5 Å². The van der Waals surface area contributed by atoms with E-state index in [1.807, 2.05) is 48.5 Å². The largest absolute Gasteiger partial charge is 0.469 e. The van der Waals surface area contributed by atoms with Gasteiger partial charge in [0, 0.05) is 5.92 Å². The molecule has 0 aliphatic heterocycles. The van der Waals surface area contributed by atoms with E-state index in [9.17, 15) is 14.7 Å². The lowest BCUT2D eigenvalue weighted by Crippen LogP contribution is -2.57. The first-order valence-corrected chi connectivity index (χ1v) is 8.12. The highest BCUT2D eigenvalue weighted by Gasteiger charge is 2.63. The summed E-state index contributed by atoms with van der Waals surface area (Å²) in [6.45, 7) is 0. The monoisotopic (exact) mass is 338 g/mol. The Morgan fingerprint density at radius 3 is 1.84 bits per heavy atom. The van der Waals surface area contributed by atoms with Crippen LogP contribution >= 0.6 is 0 Å². The van der Waals surface area contributed by atoms with Crippen molar-refractivity contribution >= 4 is 11.9 Å². The number of carbonyl (C=O) groups is 2. The summed E-state index contributed by atoms with van der Waals surface area (Å²) < 4.78 is 9.94. The molecule has 0 aromatic heterocycles. The summed E-state index contributed by atoms with van der Waals surface area (Å²) >= 11 is 0. The second kappa shape index (κ2) is 5.43. The minimum absolute atomic E-state index is 0.363. The summed E-state index contributed by atoms with van der Waals surface area (Å²) in [5, 5.41) is 11.8. The molecule has 0 heterocycles. The number of hydrogen-bond donors (Lipinski definition) is 1. The van der Waals surface area contributed by atoms with E-state index in [0.29, 0.717) is 11.1 Å². The van der Waals surface area contributed by atoms with E-state index in [4.69, 9.17) is 9.47 Å². The summed E-state index contributed by atoms with van der Waals surface area (Å²) in [4.78, 5) is 25.2. The fourth-order valence-corrected chi connectivity index (χ4v) is 4.57. The molecule has 3 aliphatic rings. The lowest BCUT2D eigenvalue weighted by molar-refractivity contribution is -0.172. The first-order valence-electron chi connectivity index (χ1n) is 8.12. The van der Waals surface area contributed by atoms with Crippen LogP contribution < -0.4 is 0 Å². The summed E-state index contributed by atoms with van der Waals surface area (Å²) in [7, 11) is 2.56. The number of methoxy groups -OCH3 is 2. The molecular formula is C20H18O5. The number of esters is 2. The van der Waals surface area contributed by atoms with Crippen LogP contribution in [-0.2, 0) is 24.7 Å². The van der Waals surface area contributed by atoms with Crippen molar-refractivity contribution in [1.29, 1.82) is 0 Å². The molecule has 0 saturated heterocycles. The summed E-state index contributed by atoms with van der Waals surface area (Å²) in [5.74, 6) is -3.40. The van der Waals surface area contributed by atoms with Crippen LogP contribution in [0.4, 0.5) is 0 Å². The molecule has 2 aromatic rings. The molecule has 1 N–H and O–H groups in total. The standard InChI is InChI=1S/C20H18O5/c1-24-18(21)16-15-11-7-3-5-9-13(11)20(23,17(16)19(22)25-2)14-10-6-4-8-12(14)15/h3-10,15-17,23H,1-2H3. The highest BCUT2D eigenvalue weighted by Crippen LogP contribution is 2.60. The molecule has 2 unspecified atom stereocenters. The average Bonchev–Trinajstić information content (AvgIpc) is 2.66. The molecule has 0 spiro atoms. The van der Waals surface area contributed by atoms with Crippen molar-refractivity contribution in [3.8, 4) is 0 Å². The number of fused-ring (bicyclic) bond motifs is 1. The topological polar surface area (TPSA) is 72.8 Å². The number of carbonyl (C=O) groups excluding carboxylic acids is 2. The van der Waals surface area contributed by atoms with E-state index in [1.165, 1.54) is 14.2 Å². The SMILES string of the molecule is COC(=O)C1C2c3ccccc3C(O)(c3ccccc32)C1C(=O)OC. The van der Waals surface area contributed by atoms with Gasteiger partial charge in [-0.3, -0.25) is 9.59 Å². The summed E-state index contributed by atoms with van der Waals surface area (Å²) in [6.07, 6.45) is 0. The van der Waals surface area contributed by atoms with Crippen LogP contribution in [0, 0.1) is 11.8 Å². The van der Waals surface area contributed by atoms with Crippen molar-refractivity contribution < 1.29 is 24.2 Å². The van der Waals surface area contributed by atoms with E-state index >= 15 is 0 Å². The maximum absolute atomic E-state index is 12.6. The van der Waals surface area contributed by atoms with Crippen LogP contribution in [0.3, 0.4) is 0 Å². The van der Waals surface area contributed by atoms with Crippen molar-refractivity contribution in [3.63, 3.8) is 0 Å². The lowest BCUT2D eigenvalue weighted by atomic mass is 9.52. The zero-order valence-electron chi connectivity index (χ0n) is 13.9. The molecule has 5 rings (SSSR count). The fraction of sp³-hybridized carbons (Fsp3) is 0.300. The molecule has 2 atom stereocenters. The van der Waals surface area contributed by atoms with Crippen molar-refractivity contribution in [2.24, 2.45) is 11.8 Å². The Bertz CT molecular complexity index is 824. The van der Waals surface area contributed by atoms with E-state index in [1.54, 1.807) is 0 Å². The molecule has 128 valence electrons. The first-order chi connectivity index (χ1) is 12.1. The van der Waals surface area contributed by atoms with Crippen LogP contribution in [0.15, 0.2) is 48.5 Å². The van der Waals surface area contributed by atoms with Crippen molar-refractivity contribution in [2.75, 3.05) is 14.2 Å². The smallest absolute Gasteiger partial charge is 0.313 e. The van der Waals surface area contributed by atoms with Gasteiger partial charge < -0.3 is 14.6 Å². The van der Waals surface area contributed by atoms with Crippen molar-refractivity contribution in [1.82, 2.24) is 0 Å². The Labute approximate surface area is 145 Å². The lowest BCUT2D eigenvalue weighted by Gasteiger charge is -2.52. The predicted molar refractivity (Wildman–Crippen MR) is 88.7 cm³/mol. The van der Waals surface area contributed by atoms with Crippen LogP contribution in [0.1, 0.15) is 28.2 Å². The van der Waals surface area contributed by atoms with Gasteiger partial charge in [0.05, 0.1) is 20.1 Å². The van der Waals surface area contributed by atoms with Gasteiger partial charge >= 0.3 is 11.9 Å². The molecule has 3 aliphatic carbocycles. The Kier molecular flexibility index (Phi) is 3.44. The molecule has 0 saturated carbocycles. The second-order valence-electron chi connectivity index (χ2n) is 6.47. The molecule has 2 aromatic carbocycles. The van der Waals surface area contributed by atoms with Gasteiger partial charge in [0.2, 0.25) is 0 Å². The molecule has 0 amide bonds. The Hall–Kier alpha value is -2.66. The number of hydrogen-bond acceptors (Lipinski definition) is 5. The fourth-order valence-electron chi connectivity index (χ4n) is 4.57. The van der Waals surface area contributed by atoms with E-state index < -0.39 is 29.4 Å². The average molecular weight is 338 g/mol. The molecule has 25 heavy (non-hydrogen) atoms. The molecule has 0 radical (unpaired) electrons. The number of rotatable bonds is 2. The van der Waals surface area contributed by atoms with Gasteiger partial charge in [-0.2, -0.15) is 0 Å². The first kappa shape index (κ1) is 15.8. The molecule has 5 heteroatoms. The van der Waals surface area contributed by atoms with Crippen LogP contribution in [0.25, 0.3) is 0 Å². The predicted octanol–water partition coefficient (Wildman–Crippen LogP) is 1.96. The summed E-state index contributed by atoms with van der Waals surface area (Å²) in [5.41, 5.74) is 1.36. The Morgan fingerprint density at radius 2 is 1.36 bits per heavy atom. The maximum Gasteiger partial charge on any atom is 0.313 e. The third-order valence-corrected chi connectivity index (χ3v) is 5.51. The number of aliphatic hydroxyl groups is 1. The minimum Gasteiger partial charge on any atom is -0.469 e. The molecular weight excluding hydrogens is 320 g/mol. The highest BCUT2D eigenvalue weighted by molar-refractivity contribution is 5.88. The van der Waals surface area contributed by atoms with Crippen molar-refractivity contribution in [3.05, 3.63) is 70.8 Å². The third-order valence-electron chi connectivity index (χ3n) is 5.51. The van der Waals surface area contributed by atoms with Gasteiger partial charge in [-0.15, -0.1) is 0 Å². The maximum atomic E-state index is 12.6. The van der Waals surface area contributed by atoms with Gasteiger partial charge in [0.1, 0.15) is 11.5 Å². The normalized spacial score (nSPS) is 28.7. The van der Waals surface area contributed by atoms with Gasteiger partial charge in [0.15, 0.2) is 0 Å². The third kappa shape index (κ3) is 1.87. The zero-order chi connectivity index (χ0) is 17.8. The van der Waals surface area contributed by atoms with Gasteiger partial charge in [-0.05, 0) is 22.3 Å². The van der Waals surface area contributed by atoms with Crippen LogP contribution in [0.2, 0.25) is 0 Å². The second-order valence-corrected chi connectivity index (χ2v) is 6.47. The molecule has 2 bridgehead atoms. The summed E-state index contributed by atoms with van der Waals surface area (Å²) in [6, 6.07) is 14.8. The van der Waals surface area contributed by atoms with E-state index in [0.717, 1.165) is 11.1 Å².